The van der Waals surface area contributed by atoms with Crippen LogP contribution in [0.15, 0.2) is 35.5 Å². The maximum absolute atomic E-state index is 12.8. The Labute approximate surface area is 115 Å². The molecule has 0 aliphatic carbocycles. The molecular weight excluding hydrogens is 263 g/mol. The molecule has 0 aliphatic rings. The molecule has 0 saturated heterocycles. The van der Waals surface area contributed by atoms with Gasteiger partial charge >= 0.3 is 0 Å². The standard InChI is InChI=1S/C13H15FN4S/c1-18(8-9-3-5-10(14)6-4-9)12-7-11(15)16-13(17-12)19-2/h3-7H,8H2,1-2H3,(H2,15,16,17). The highest BCUT2D eigenvalue weighted by Crippen LogP contribution is 2.19. The van der Waals surface area contributed by atoms with Gasteiger partial charge in [0.15, 0.2) is 5.16 Å². The van der Waals surface area contributed by atoms with E-state index < -0.39 is 0 Å². The average Bonchev–Trinajstić information content (AvgIpc) is 2.40. The highest BCUT2D eigenvalue weighted by atomic mass is 32.2. The number of nitrogens with two attached hydrogens (primary N) is 1. The van der Waals surface area contributed by atoms with Crippen LogP contribution < -0.4 is 10.6 Å². The number of hydrogen-bond donors (Lipinski definition) is 1. The first kappa shape index (κ1) is 13.6. The molecule has 0 radical (unpaired) electrons. The summed E-state index contributed by atoms with van der Waals surface area (Å²) < 4.78 is 12.8. The predicted octanol–water partition coefficient (Wildman–Crippen LogP) is 2.56. The van der Waals surface area contributed by atoms with Gasteiger partial charge in [0.2, 0.25) is 0 Å². The Kier molecular flexibility index (Phi) is 4.21. The van der Waals surface area contributed by atoms with Crippen LogP contribution in [0.3, 0.4) is 0 Å². The van der Waals surface area contributed by atoms with Crippen molar-refractivity contribution < 1.29 is 4.39 Å². The average molecular weight is 278 g/mol. The number of hydrogen-bond acceptors (Lipinski definition) is 5. The largest absolute Gasteiger partial charge is 0.383 e. The van der Waals surface area contributed by atoms with E-state index in [1.165, 1.54) is 23.9 Å². The van der Waals surface area contributed by atoms with Crippen molar-refractivity contribution in [2.45, 2.75) is 11.7 Å². The van der Waals surface area contributed by atoms with Gasteiger partial charge in [0.05, 0.1) is 0 Å². The lowest BCUT2D eigenvalue weighted by Crippen LogP contribution is -2.18. The van der Waals surface area contributed by atoms with E-state index in [9.17, 15) is 4.39 Å². The first-order valence-electron chi connectivity index (χ1n) is 5.72. The van der Waals surface area contributed by atoms with Crippen LogP contribution in [0.5, 0.6) is 0 Å². The molecule has 6 heteroatoms. The number of aromatic nitrogens is 2. The van der Waals surface area contributed by atoms with Crippen LogP contribution in [0.1, 0.15) is 5.56 Å². The number of thioether (sulfide) groups is 1. The molecule has 0 aliphatic heterocycles. The van der Waals surface area contributed by atoms with Gasteiger partial charge in [-0.3, -0.25) is 0 Å². The summed E-state index contributed by atoms with van der Waals surface area (Å²) in [5.41, 5.74) is 6.75. The first-order valence-corrected chi connectivity index (χ1v) is 6.95. The lowest BCUT2D eigenvalue weighted by Gasteiger charge is -2.18. The topological polar surface area (TPSA) is 55.0 Å². The van der Waals surface area contributed by atoms with E-state index in [2.05, 4.69) is 9.97 Å². The SMILES string of the molecule is CSc1nc(N)cc(N(C)Cc2ccc(F)cc2)n1. The number of nitrogens with zero attached hydrogens (tertiary/aromatic N) is 3. The fourth-order valence-corrected chi connectivity index (χ4v) is 2.04. The van der Waals surface area contributed by atoms with Gasteiger partial charge in [0.25, 0.3) is 0 Å². The van der Waals surface area contributed by atoms with Crippen molar-refractivity contribution >= 4 is 23.4 Å². The van der Waals surface area contributed by atoms with Crippen LogP contribution in [-0.2, 0) is 6.54 Å². The van der Waals surface area contributed by atoms with E-state index in [1.807, 2.05) is 18.2 Å². The van der Waals surface area contributed by atoms with Crippen molar-refractivity contribution in [1.29, 1.82) is 0 Å². The van der Waals surface area contributed by atoms with E-state index in [-0.39, 0.29) is 5.82 Å². The molecule has 1 aromatic carbocycles. The number of benzene rings is 1. The summed E-state index contributed by atoms with van der Waals surface area (Å²) in [6.45, 7) is 0.630. The Hall–Kier alpha value is -1.82. The fraction of sp³-hybridized carbons (Fsp3) is 0.231. The van der Waals surface area contributed by atoms with Crippen molar-refractivity contribution in [3.63, 3.8) is 0 Å². The van der Waals surface area contributed by atoms with E-state index in [0.717, 1.165) is 11.4 Å². The summed E-state index contributed by atoms with van der Waals surface area (Å²) in [5.74, 6) is 0.962. The second kappa shape index (κ2) is 5.88. The summed E-state index contributed by atoms with van der Waals surface area (Å²) in [6, 6.07) is 8.14. The Morgan fingerprint density at radius 3 is 2.58 bits per heavy atom. The molecule has 1 aromatic heterocycles. The van der Waals surface area contributed by atoms with E-state index in [4.69, 9.17) is 5.73 Å². The lowest BCUT2D eigenvalue weighted by atomic mass is 10.2. The number of anilines is 2. The van der Waals surface area contributed by atoms with Crippen LogP contribution in [-0.4, -0.2) is 23.3 Å². The number of nitrogen functional groups attached to an aromatic ring is 1. The van der Waals surface area contributed by atoms with Crippen molar-refractivity contribution in [2.24, 2.45) is 0 Å². The highest BCUT2D eigenvalue weighted by molar-refractivity contribution is 7.98. The highest BCUT2D eigenvalue weighted by Gasteiger charge is 2.07. The summed E-state index contributed by atoms with van der Waals surface area (Å²) in [6.07, 6.45) is 1.90. The zero-order valence-corrected chi connectivity index (χ0v) is 11.6. The molecule has 2 N–H and O–H groups in total. The molecular formula is C13H15FN4S. The van der Waals surface area contributed by atoms with Gasteiger partial charge in [-0.25, -0.2) is 14.4 Å². The van der Waals surface area contributed by atoms with Crippen LogP contribution in [0.4, 0.5) is 16.0 Å². The zero-order valence-electron chi connectivity index (χ0n) is 10.8. The minimum absolute atomic E-state index is 0.234. The Morgan fingerprint density at radius 2 is 1.95 bits per heavy atom. The second-order valence-corrected chi connectivity index (χ2v) is 4.89. The van der Waals surface area contributed by atoms with Gasteiger partial charge in [0, 0.05) is 19.7 Å². The second-order valence-electron chi connectivity index (χ2n) is 4.12. The number of halogens is 1. The van der Waals surface area contributed by atoms with Crippen molar-refractivity contribution in [2.75, 3.05) is 23.9 Å². The Bertz CT molecular complexity index is 559. The maximum Gasteiger partial charge on any atom is 0.191 e. The minimum atomic E-state index is -0.234. The molecule has 4 nitrogen and oxygen atoms in total. The third kappa shape index (κ3) is 3.57. The van der Waals surface area contributed by atoms with Crippen molar-refractivity contribution in [3.05, 3.63) is 41.7 Å². The molecule has 0 amide bonds. The lowest BCUT2D eigenvalue weighted by molar-refractivity contribution is 0.627. The third-order valence-corrected chi connectivity index (χ3v) is 3.17. The summed E-state index contributed by atoms with van der Waals surface area (Å²) in [7, 11) is 1.91. The zero-order chi connectivity index (χ0) is 13.8. The molecule has 1 heterocycles. The molecule has 100 valence electrons. The molecule has 2 rings (SSSR count). The van der Waals surface area contributed by atoms with Crippen LogP contribution >= 0.6 is 11.8 Å². The molecule has 2 aromatic rings. The summed E-state index contributed by atoms with van der Waals surface area (Å²) in [4.78, 5) is 10.4. The minimum Gasteiger partial charge on any atom is -0.383 e. The first-order chi connectivity index (χ1) is 9.08. The van der Waals surface area contributed by atoms with Crippen molar-refractivity contribution in [3.8, 4) is 0 Å². The fourth-order valence-electron chi connectivity index (χ4n) is 1.66. The van der Waals surface area contributed by atoms with Crippen molar-refractivity contribution in [1.82, 2.24) is 9.97 Å². The normalized spacial score (nSPS) is 10.5. The summed E-state index contributed by atoms with van der Waals surface area (Å²) >= 11 is 1.44. The van der Waals surface area contributed by atoms with E-state index in [0.29, 0.717) is 17.5 Å². The van der Waals surface area contributed by atoms with Gasteiger partial charge < -0.3 is 10.6 Å². The van der Waals surface area contributed by atoms with Crippen LogP contribution in [0.2, 0.25) is 0 Å². The monoisotopic (exact) mass is 278 g/mol. The van der Waals surface area contributed by atoms with Gasteiger partial charge in [0.1, 0.15) is 17.5 Å². The van der Waals surface area contributed by atoms with E-state index in [1.54, 1.807) is 18.2 Å². The molecule has 0 unspecified atom stereocenters. The van der Waals surface area contributed by atoms with Gasteiger partial charge in [-0.2, -0.15) is 0 Å². The summed E-state index contributed by atoms with van der Waals surface area (Å²) in [5, 5.41) is 0.640. The Balaban J connectivity index is 2.17. The smallest absolute Gasteiger partial charge is 0.191 e. The molecule has 0 fully saturated rings. The van der Waals surface area contributed by atoms with E-state index >= 15 is 0 Å². The molecule has 0 saturated carbocycles. The number of rotatable bonds is 4. The molecule has 0 atom stereocenters. The van der Waals surface area contributed by atoms with Gasteiger partial charge in [-0.15, -0.1) is 0 Å². The van der Waals surface area contributed by atoms with Crippen LogP contribution in [0.25, 0.3) is 0 Å². The Morgan fingerprint density at radius 1 is 1.26 bits per heavy atom. The predicted molar refractivity (Wildman–Crippen MR) is 76.7 cm³/mol. The maximum atomic E-state index is 12.8. The van der Waals surface area contributed by atoms with Crippen LogP contribution in [0, 0.1) is 5.82 Å². The third-order valence-electron chi connectivity index (χ3n) is 2.62. The molecule has 0 spiro atoms. The van der Waals surface area contributed by atoms with Gasteiger partial charge in [-0.05, 0) is 24.0 Å². The molecule has 0 bridgehead atoms. The molecule has 19 heavy (non-hydrogen) atoms. The van der Waals surface area contributed by atoms with Gasteiger partial charge in [-0.1, -0.05) is 23.9 Å². The quantitative estimate of drug-likeness (QED) is 0.688.